The van der Waals surface area contributed by atoms with Crippen LogP contribution in [0.25, 0.3) is 22.3 Å². The first-order valence-corrected chi connectivity index (χ1v) is 9.18. The van der Waals surface area contributed by atoms with Crippen molar-refractivity contribution in [3.05, 3.63) is 99.0 Å². The van der Waals surface area contributed by atoms with Crippen LogP contribution in [0.4, 0.5) is 4.39 Å². The molecule has 0 atom stereocenters. The Kier molecular flexibility index (Phi) is 4.73. The molecule has 0 fully saturated rings. The maximum absolute atomic E-state index is 14.4. The monoisotopic (exact) mass is 423 g/mol. The summed E-state index contributed by atoms with van der Waals surface area (Å²) < 4.78 is 16.7. The van der Waals surface area contributed by atoms with Gasteiger partial charge < -0.3 is 5.43 Å². The summed E-state index contributed by atoms with van der Waals surface area (Å²) in [5.74, 6) is -0.187. The topological polar surface area (TPSA) is 46.9 Å². The van der Waals surface area contributed by atoms with Gasteiger partial charge in [-0.15, -0.1) is 0 Å². The molecule has 0 amide bonds. The minimum atomic E-state index is -0.432. The lowest BCUT2D eigenvalue weighted by Crippen LogP contribution is -2.31. The summed E-state index contributed by atoms with van der Waals surface area (Å²) >= 11 is 3.40. The van der Waals surface area contributed by atoms with Gasteiger partial charge in [0.1, 0.15) is 5.82 Å². The zero-order chi connectivity index (χ0) is 18.8. The minimum Gasteiger partial charge on any atom is -0.317 e. The van der Waals surface area contributed by atoms with E-state index in [0.29, 0.717) is 17.4 Å². The van der Waals surface area contributed by atoms with Crippen molar-refractivity contribution in [1.29, 1.82) is 0 Å². The Morgan fingerprint density at radius 1 is 0.963 bits per heavy atom. The van der Waals surface area contributed by atoms with Crippen LogP contribution in [0.15, 0.2) is 82.1 Å². The first-order chi connectivity index (χ1) is 13.1. The number of benzene rings is 3. The molecule has 0 radical (unpaired) electrons. The smallest absolute Gasteiger partial charge is 0.280 e. The standard InChI is InChI=1S/C21H15BrFN3O/c22-15-11-9-14(10-12-15)13-24-26-20(16-5-1-3-7-18(16)23)25-19-8-4-2-6-17(19)21(26)27/h1-12,24H,13H2. The Balaban J connectivity index is 1.85. The van der Waals surface area contributed by atoms with E-state index in [0.717, 1.165) is 10.0 Å². The lowest BCUT2D eigenvalue weighted by atomic mass is 10.1. The Bertz CT molecular complexity index is 1170. The number of para-hydroxylation sites is 1. The highest BCUT2D eigenvalue weighted by Gasteiger charge is 2.15. The fraction of sp³-hybridized carbons (Fsp3) is 0.0476. The molecule has 6 heteroatoms. The highest BCUT2D eigenvalue weighted by atomic mass is 79.9. The summed E-state index contributed by atoms with van der Waals surface area (Å²) in [6.45, 7) is 0.397. The first-order valence-electron chi connectivity index (χ1n) is 8.38. The van der Waals surface area contributed by atoms with E-state index in [1.165, 1.54) is 10.7 Å². The molecule has 4 aromatic rings. The van der Waals surface area contributed by atoms with Gasteiger partial charge in [0, 0.05) is 4.47 Å². The normalized spacial score (nSPS) is 10.9. The van der Waals surface area contributed by atoms with Gasteiger partial charge in [0.25, 0.3) is 5.56 Å². The van der Waals surface area contributed by atoms with Crippen molar-refractivity contribution in [1.82, 2.24) is 9.66 Å². The van der Waals surface area contributed by atoms with Crippen molar-refractivity contribution < 1.29 is 4.39 Å². The van der Waals surface area contributed by atoms with Crippen molar-refractivity contribution in [2.45, 2.75) is 6.54 Å². The maximum atomic E-state index is 14.4. The fourth-order valence-corrected chi connectivity index (χ4v) is 3.14. The molecule has 0 bridgehead atoms. The Morgan fingerprint density at radius 3 is 2.44 bits per heavy atom. The fourth-order valence-electron chi connectivity index (χ4n) is 2.88. The summed E-state index contributed by atoms with van der Waals surface area (Å²) in [6.07, 6.45) is 0. The van der Waals surface area contributed by atoms with Gasteiger partial charge in [0.2, 0.25) is 0 Å². The Labute approximate surface area is 163 Å². The van der Waals surface area contributed by atoms with E-state index in [-0.39, 0.29) is 16.9 Å². The average Bonchev–Trinajstić information content (AvgIpc) is 2.69. The van der Waals surface area contributed by atoms with E-state index in [9.17, 15) is 9.18 Å². The number of rotatable bonds is 4. The van der Waals surface area contributed by atoms with E-state index in [2.05, 4.69) is 26.3 Å². The van der Waals surface area contributed by atoms with Crippen molar-refractivity contribution in [3.8, 4) is 11.4 Å². The summed E-state index contributed by atoms with van der Waals surface area (Å²) in [6, 6.07) is 21.1. The molecule has 0 aliphatic heterocycles. The molecule has 0 unspecified atom stereocenters. The van der Waals surface area contributed by atoms with Crippen LogP contribution in [0.5, 0.6) is 0 Å². The molecular weight excluding hydrogens is 409 g/mol. The van der Waals surface area contributed by atoms with Gasteiger partial charge in [-0.3, -0.25) is 4.79 Å². The zero-order valence-electron chi connectivity index (χ0n) is 14.2. The molecule has 0 aliphatic carbocycles. The van der Waals surface area contributed by atoms with Crippen LogP contribution in [0.2, 0.25) is 0 Å². The van der Waals surface area contributed by atoms with Gasteiger partial charge in [-0.05, 0) is 42.0 Å². The molecule has 1 aromatic heterocycles. The van der Waals surface area contributed by atoms with E-state index >= 15 is 0 Å². The van der Waals surface area contributed by atoms with E-state index in [4.69, 9.17) is 0 Å². The highest BCUT2D eigenvalue weighted by Crippen LogP contribution is 2.21. The number of fused-ring (bicyclic) bond motifs is 1. The molecular formula is C21H15BrFN3O. The van der Waals surface area contributed by atoms with Crippen LogP contribution >= 0.6 is 15.9 Å². The third-order valence-electron chi connectivity index (χ3n) is 4.25. The van der Waals surface area contributed by atoms with Crippen LogP contribution in [-0.2, 0) is 6.54 Å². The van der Waals surface area contributed by atoms with E-state index in [1.54, 1.807) is 42.5 Å². The van der Waals surface area contributed by atoms with Crippen LogP contribution in [0.3, 0.4) is 0 Å². The molecule has 0 saturated carbocycles. The van der Waals surface area contributed by atoms with E-state index < -0.39 is 5.82 Å². The van der Waals surface area contributed by atoms with Gasteiger partial charge in [0.05, 0.1) is 23.0 Å². The first kappa shape index (κ1) is 17.4. The third-order valence-corrected chi connectivity index (χ3v) is 4.77. The largest absolute Gasteiger partial charge is 0.317 e. The molecule has 27 heavy (non-hydrogen) atoms. The molecule has 0 spiro atoms. The Hall–Kier alpha value is -2.99. The van der Waals surface area contributed by atoms with Gasteiger partial charge >= 0.3 is 0 Å². The summed E-state index contributed by atoms with van der Waals surface area (Å²) in [4.78, 5) is 17.6. The highest BCUT2D eigenvalue weighted by molar-refractivity contribution is 9.10. The molecule has 4 rings (SSSR count). The summed E-state index contributed by atoms with van der Waals surface area (Å²) in [5.41, 5.74) is 4.61. The number of hydrogen-bond acceptors (Lipinski definition) is 3. The second kappa shape index (κ2) is 7.32. The van der Waals surface area contributed by atoms with Crippen LogP contribution in [0.1, 0.15) is 5.56 Å². The van der Waals surface area contributed by atoms with Gasteiger partial charge in [-0.25, -0.2) is 14.1 Å². The lowest BCUT2D eigenvalue weighted by Gasteiger charge is -2.16. The quantitative estimate of drug-likeness (QED) is 0.516. The molecule has 3 aromatic carbocycles. The SMILES string of the molecule is O=c1c2ccccc2nc(-c2ccccc2F)n1NCc1ccc(Br)cc1. The number of nitrogens with one attached hydrogen (secondary N) is 1. The number of hydrogen-bond donors (Lipinski definition) is 1. The second-order valence-corrected chi connectivity index (χ2v) is 6.95. The average molecular weight is 424 g/mol. The van der Waals surface area contributed by atoms with Gasteiger partial charge in [-0.2, -0.15) is 0 Å². The lowest BCUT2D eigenvalue weighted by molar-refractivity contribution is 0.627. The second-order valence-electron chi connectivity index (χ2n) is 6.03. The molecule has 4 nitrogen and oxygen atoms in total. The predicted molar refractivity (Wildman–Crippen MR) is 109 cm³/mol. The Morgan fingerprint density at radius 2 is 1.67 bits per heavy atom. The molecule has 0 saturated heterocycles. The summed E-state index contributed by atoms with van der Waals surface area (Å²) in [7, 11) is 0. The number of halogens is 2. The van der Waals surface area contributed by atoms with E-state index in [1.807, 2.05) is 24.3 Å². The minimum absolute atomic E-state index is 0.244. The van der Waals surface area contributed by atoms with Crippen LogP contribution in [0, 0.1) is 5.82 Å². The third kappa shape index (κ3) is 3.48. The molecule has 0 aliphatic rings. The molecule has 1 heterocycles. The number of aromatic nitrogens is 2. The van der Waals surface area contributed by atoms with Crippen LogP contribution in [-0.4, -0.2) is 9.66 Å². The molecule has 134 valence electrons. The van der Waals surface area contributed by atoms with Crippen molar-refractivity contribution in [2.75, 3.05) is 5.43 Å². The van der Waals surface area contributed by atoms with Crippen molar-refractivity contribution in [3.63, 3.8) is 0 Å². The number of nitrogens with zero attached hydrogens (tertiary/aromatic N) is 2. The maximum Gasteiger partial charge on any atom is 0.280 e. The van der Waals surface area contributed by atoms with Crippen molar-refractivity contribution >= 4 is 26.8 Å². The zero-order valence-corrected chi connectivity index (χ0v) is 15.8. The van der Waals surface area contributed by atoms with Gasteiger partial charge in [0.15, 0.2) is 5.82 Å². The predicted octanol–water partition coefficient (Wildman–Crippen LogP) is 4.71. The van der Waals surface area contributed by atoms with Crippen molar-refractivity contribution in [2.24, 2.45) is 0 Å². The molecule has 1 N–H and O–H groups in total. The van der Waals surface area contributed by atoms with Gasteiger partial charge in [-0.1, -0.05) is 52.3 Å². The van der Waals surface area contributed by atoms with Crippen LogP contribution < -0.4 is 11.0 Å². The summed E-state index contributed by atoms with van der Waals surface area (Å²) in [5, 5.41) is 0.473.